The molecule has 0 radical (unpaired) electrons. The van der Waals surface area contributed by atoms with Gasteiger partial charge in [0.15, 0.2) is 0 Å². The van der Waals surface area contributed by atoms with E-state index in [9.17, 15) is 26.4 Å². The normalized spacial score (nSPS) is 13.8. The van der Waals surface area contributed by atoms with Gasteiger partial charge in [-0.25, -0.2) is 8.42 Å². The van der Waals surface area contributed by atoms with E-state index in [1.54, 1.807) is 0 Å². The van der Waals surface area contributed by atoms with Crippen LogP contribution in [0, 0.1) is 0 Å². The van der Waals surface area contributed by atoms with E-state index in [1.165, 1.54) is 25.9 Å². The summed E-state index contributed by atoms with van der Waals surface area (Å²) in [4.78, 5) is 12.2. The van der Waals surface area contributed by atoms with E-state index >= 15 is 0 Å². The standard InChI is InChI=1S/C12H15F3N2O3S/c1-8(11(18)17(2)3)16-21(19,20)10-6-4-5-9(7-10)12(13,14)15/h4-8,16H,1-3H3/t8-/m1/s1. The molecule has 9 heteroatoms. The maximum absolute atomic E-state index is 12.6. The van der Waals surface area contributed by atoms with Crippen LogP contribution in [0.25, 0.3) is 0 Å². The van der Waals surface area contributed by atoms with Crippen LogP contribution in [-0.2, 0) is 21.0 Å². The van der Waals surface area contributed by atoms with Crippen LogP contribution in [0.5, 0.6) is 0 Å². The molecular formula is C12H15F3N2O3S. The number of carbonyl (C=O) groups excluding carboxylic acids is 1. The molecule has 0 aliphatic carbocycles. The molecule has 1 aromatic carbocycles. The average molecular weight is 324 g/mol. The molecule has 0 aliphatic heterocycles. The molecule has 1 N–H and O–H groups in total. The molecule has 118 valence electrons. The quantitative estimate of drug-likeness (QED) is 0.912. The Morgan fingerprint density at radius 3 is 2.33 bits per heavy atom. The Labute approximate surface area is 120 Å². The summed E-state index contributed by atoms with van der Waals surface area (Å²) in [6.45, 7) is 1.31. The highest BCUT2D eigenvalue weighted by atomic mass is 32.2. The van der Waals surface area contributed by atoms with Gasteiger partial charge in [-0.05, 0) is 25.1 Å². The van der Waals surface area contributed by atoms with Crippen LogP contribution in [0.4, 0.5) is 13.2 Å². The molecule has 0 aromatic heterocycles. The van der Waals surface area contributed by atoms with E-state index in [0.717, 1.165) is 18.2 Å². The third kappa shape index (κ3) is 4.43. The number of nitrogens with zero attached hydrogens (tertiary/aromatic N) is 1. The summed E-state index contributed by atoms with van der Waals surface area (Å²) in [6.07, 6.45) is -4.64. The molecule has 0 aliphatic rings. The van der Waals surface area contributed by atoms with Gasteiger partial charge < -0.3 is 4.90 Å². The summed E-state index contributed by atoms with van der Waals surface area (Å²) in [5.41, 5.74) is -1.07. The summed E-state index contributed by atoms with van der Waals surface area (Å²) in [6, 6.07) is 2.24. The Morgan fingerprint density at radius 2 is 1.86 bits per heavy atom. The average Bonchev–Trinajstić information content (AvgIpc) is 2.36. The van der Waals surface area contributed by atoms with Crippen LogP contribution in [0.2, 0.25) is 0 Å². The highest BCUT2D eigenvalue weighted by molar-refractivity contribution is 7.89. The van der Waals surface area contributed by atoms with Crippen molar-refractivity contribution in [2.75, 3.05) is 14.1 Å². The fourth-order valence-corrected chi connectivity index (χ4v) is 2.82. The van der Waals surface area contributed by atoms with Crippen molar-refractivity contribution in [3.05, 3.63) is 29.8 Å². The maximum Gasteiger partial charge on any atom is 0.416 e. The second kappa shape index (κ2) is 6.02. The van der Waals surface area contributed by atoms with Gasteiger partial charge in [-0.1, -0.05) is 6.07 Å². The van der Waals surface area contributed by atoms with E-state index in [2.05, 4.69) is 0 Å². The first-order valence-electron chi connectivity index (χ1n) is 5.86. The second-order valence-corrected chi connectivity index (χ2v) is 6.32. The molecule has 0 heterocycles. The lowest BCUT2D eigenvalue weighted by atomic mass is 10.2. The van der Waals surface area contributed by atoms with Gasteiger partial charge >= 0.3 is 6.18 Å². The van der Waals surface area contributed by atoms with Crippen molar-refractivity contribution in [3.63, 3.8) is 0 Å². The smallest absolute Gasteiger partial charge is 0.347 e. The number of nitrogens with one attached hydrogen (secondary N) is 1. The van der Waals surface area contributed by atoms with Gasteiger partial charge in [-0.3, -0.25) is 4.79 Å². The molecule has 0 fully saturated rings. The number of amides is 1. The fraction of sp³-hybridized carbons (Fsp3) is 0.417. The number of rotatable bonds is 4. The third-order valence-corrected chi connectivity index (χ3v) is 4.15. The van der Waals surface area contributed by atoms with Crippen molar-refractivity contribution < 1.29 is 26.4 Å². The van der Waals surface area contributed by atoms with Gasteiger partial charge in [0, 0.05) is 14.1 Å². The summed E-state index contributed by atoms with van der Waals surface area (Å²) in [5.74, 6) is -0.509. The number of carbonyl (C=O) groups is 1. The molecule has 1 aromatic rings. The van der Waals surface area contributed by atoms with Crippen molar-refractivity contribution in [2.24, 2.45) is 0 Å². The second-order valence-electron chi connectivity index (χ2n) is 4.60. The summed E-state index contributed by atoms with van der Waals surface area (Å²) in [5, 5.41) is 0. The number of likely N-dealkylation sites (N-methyl/N-ethyl adjacent to an activating group) is 1. The molecule has 0 unspecified atom stereocenters. The summed E-state index contributed by atoms with van der Waals surface area (Å²) in [7, 11) is -1.33. The van der Waals surface area contributed by atoms with E-state index in [4.69, 9.17) is 0 Å². The molecule has 0 bridgehead atoms. The lowest BCUT2D eigenvalue weighted by Crippen LogP contribution is -2.44. The van der Waals surface area contributed by atoms with Gasteiger partial charge in [0.1, 0.15) is 0 Å². The zero-order chi connectivity index (χ0) is 16.4. The Bertz CT molecular complexity index is 627. The maximum atomic E-state index is 12.6. The first-order valence-corrected chi connectivity index (χ1v) is 7.34. The zero-order valence-corrected chi connectivity index (χ0v) is 12.4. The van der Waals surface area contributed by atoms with Crippen LogP contribution in [0.15, 0.2) is 29.2 Å². The van der Waals surface area contributed by atoms with Crippen LogP contribution < -0.4 is 4.72 Å². The molecule has 0 spiro atoms. The van der Waals surface area contributed by atoms with Crippen molar-refractivity contribution in [2.45, 2.75) is 24.0 Å². The predicted octanol–water partition coefficient (Wildman–Crippen LogP) is 1.46. The molecule has 1 atom stereocenters. The van der Waals surface area contributed by atoms with Gasteiger partial charge in [-0.15, -0.1) is 0 Å². The predicted molar refractivity (Wildman–Crippen MR) is 69.9 cm³/mol. The Hall–Kier alpha value is -1.61. The number of halogens is 3. The molecule has 1 amide bonds. The number of hydrogen-bond acceptors (Lipinski definition) is 3. The number of hydrogen-bond donors (Lipinski definition) is 1. The van der Waals surface area contributed by atoms with Gasteiger partial charge in [0.05, 0.1) is 16.5 Å². The fourth-order valence-electron chi connectivity index (χ4n) is 1.58. The van der Waals surface area contributed by atoms with E-state index in [1.807, 2.05) is 4.72 Å². The minimum atomic E-state index is -4.64. The third-order valence-electron chi connectivity index (χ3n) is 2.61. The topological polar surface area (TPSA) is 66.5 Å². The van der Waals surface area contributed by atoms with Crippen LogP contribution in [-0.4, -0.2) is 39.4 Å². The molecule has 21 heavy (non-hydrogen) atoms. The van der Waals surface area contributed by atoms with Crippen LogP contribution in [0.3, 0.4) is 0 Å². The largest absolute Gasteiger partial charge is 0.416 e. The zero-order valence-electron chi connectivity index (χ0n) is 11.6. The minimum Gasteiger partial charge on any atom is -0.347 e. The number of sulfonamides is 1. The summed E-state index contributed by atoms with van der Waals surface area (Å²) >= 11 is 0. The molecule has 0 saturated heterocycles. The molecule has 0 saturated carbocycles. The van der Waals surface area contributed by atoms with Crippen molar-refractivity contribution in [1.29, 1.82) is 0 Å². The SMILES string of the molecule is C[C@@H](NS(=O)(=O)c1cccc(C(F)(F)F)c1)C(=O)N(C)C. The minimum absolute atomic E-state index is 0.509. The van der Waals surface area contributed by atoms with Gasteiger partial charge in [0.2, 0.25) is 15.9 Å². The van der Waals surface area contributed by atoms with Crippen LogP contribution >= 0.6 is 0 Å². The highest BCUT2D eigenvalue weighted by Gasteiger charge is 2.32. The molecule has 5 nitrogen and oxygen atoms in total. The van der Waals surface area contributed by atoms with Crippen molar-refractivity contribution in [1.82, 2.24) is 9.62 Å². The number of alkyl halides is 3. The lowest BCUT2D eigenvalue weighted by Gasteiger charge is -2.18. The monoisotopic (exact) mass is 324 g/mol. The van der Waals surface area contributed by atoms with Crippen molar-refractivity contribution in [3.8, 4) is 0 Å². The van der Waals surface area contributed by atoms with E-state index in [-0.39, 0.29) is 0 Å². The first-order chi connectivity index (χ1) is 9.45. The van der Waals surface area contributed by atoms with E-state index < -0.39 is 38.6 Å². The lowest BCUT2D eigenvalue weighted by molar-refractivity contribution is -0.137. The van der Waals surface area contributed by atoms with Gasteiger partial charge in [-0.2, -0.15) is 17.9 Å². The highest BCUT2D eigenvalue weighted by Crippen LogP contribution is 2.30. The molecular weight excluding hydrogens is 309 g/mol. The van der Waals surface area contributed by atoms with Crippen molar-refractivity contribution >= 4 is 15.9 Å². The molecule has 1 rings (SSSR count). The Kier molecular flexibility index (Phi) is 5.00. The summed E-state index contributed by atoms with van der Waals surface area (Å²) < 4.78 is 63.8. The van der Waals surface area contributed by atoms with E-state index in [0.29, 0.717) is 6.07 Å². The van der Waals surface area contributed by atoms with Gasteiger partial charge in [0.25, 0.3) is 0 Å². The Morgan fingerprint density at radius 1 is 1.29 bits per heavy atom. The number of benzene rings is 1. The Balaban J connectivity index is 3.07. The van der Waals surface area contributed by atoms with Crippen LogP contribution in [0.1, 0.15) is 12.5 Å². The first kappa shape index (κ1) is 17.4.